The summed E-state index contributed by atoms with van der Waals surface area (Å²) in [6.45, 7) is 5.53. The SMILES string of the molecule is CC[C@H](C)Oc1ccc(C(=O)N2CC[C@@H](N)C2)cc1. The number of hydrogen-bond acceptors (Lipinski definition) is 3. The van der Waals surface area contributed by atoms with Gasteiger partial charge in [0.05, 0.1) is 6.10 Å². The van der Waals surface area contributed by atoms with Gasteiger partial charge in [0.2, 0.25) is 0 Å². The van der Waals surface area contributed by atoms with Crippen LogP contribution in [0, 0.1) is 0 Å². The molecule has 1 heterocycles. The van der Waals surface area contributed by atoms with Crippen molar-refractivity contribution in [3.63, 3.8) is 0 Å². The molecule has 0 saturated carbocycles. The quantitative estimate of drug-likeness (QED) is 0.903. The van der Waals surface area contributed by atoms with Crippen LogP contribution in [0.15, 0.2) is 24.3 Å². The van der Waals surface area contributed by atoms with Gasteiger partial charge in [-0.15, -0.1) is 0 Å². The molecule has 2 atom stereocenters. The smallest absolute Gasteiger partial charge is 0.253 e. The molecule has 0 radical (unpaired) electrons. The van der Waals surface area contributed by atoms with Gasteiger partial charge in [-0.25, -0.2) is 0 Å². The topological polar surface area (TPSA) is 55.6 Å². The third-order valence-electron chi connectivity index (χ3n) is 3.53. The van der Waals surface area contributed by atoms with E-state index in [0.717, 1.165) is 25.1 Å². The molecule has 2 rings (SSSR count). The Morgan fingerprint density at radius 3 is 2.68 bits per heavy atom. The second-order valence-corrected chi connectivity index (χ2v) is 5.16. The Labute approximate surface area is 114 Å². The van der Waals surface area contributed by atoms with E-state index in [1.807, 2.05) is 36.1 Å². The van der Waals surface area contributed by atoms with Crippen molar-refractivity contribution in [3.8, 4) is 5.75 Å². The highest BCUT2D eigenvalue weighted by Gasteiger charge is 2.24. The predicted molar refractivity (Wildman–Crippen MR) is 75.3 cm³/mol. The number of benzene rings is 1. The molecule has 4 heteroatoms. The minimum atomic E-state index is 0.0584. The van der Waals surface area contributed by atoms with Crippen molar-refractivity contribution < 1.29 is 9.53 Å². The van der Waals surface area contributed by atoms with Crippen LogP contribution in [0.25, 0.3) is 0 Å². The van der Waals surface area contributed by atoms with Gasteiger partial charge in [0.15, 0.2) is 0 Å². The Morgan fingerprint density at radius 1 is 1.47 bits per heavy atom. The molecule has 0 aliphatic carbocycles. The van der Waals surface area contributed by atoms with Gasteiger partial charge in [-0.1, -0.05) is 6.92 Å². The van der Waals surface area contributed by atoms with Crippen LogP contribution < -0.4 is 10.5 Å². The second kappa shape index (κ2) is 6.06. The Kier molecular flexibility index (Phi) is 4.43. The lowest BCUT2D eigenvalue weighted by molar-refractivity contribution is 0.0791. The minimum absolute atomic E-state index is 0.0584. The molecule has 2 N–H and O–H groups in total. The van der Waals surface area contributed by atoms with E-state index >= 15 is 0 Å². The molecular weight excluding hydrogens is 240 g/mol. The highest BCUT2D eigenvalue weighted by molar-refractivity contribution is 5.94. The Morgan fingerprint density at radius 2 is 2.16 bits per heavy atom. The van der Waals surface area contributed by atoms with E-state index in [0.29, 0.717) is 12.1 Å². The fourth-order valence-electron chi connectivity index (χ4n) is 2.15. The zero-order chi connectivity index (χ0) is 13.8. The van der Waals surface area contributed by atoms with Crippen molar-refractivity contribution in [1.29, 1.82) is 0 Å². The van der Waals surface area contributed by atoms with E-state index < -0.39 is 0 Å². The van der Waals surface area contributed by atoms with Crippen molar-refractivity contribution in [2.24, 2.45) is 5.73 Å². The van der Waals surface area contributed by atoms with Gasteiger partial charge in [0.1, 0.15) is 5.75 Å². The van der Waals surface area contributed by atoms with Crippen molar-refractivity contribution in [2.75, 3.05) is 13.1 Å². The van der Waals surface area contributed by atoms with Crippen LogP contribution in [-0.4, -0.2) is 36.0 Å². The Balaban J connectivity index is 2.00. The molecular formula is C15H22N2O2. The fourth-order valence-corrected chi connectivity index (χ4v) is 2.15. The van der Waals surface area contributed by atoms with E-state index in [9.17, 15) is 4.79 Å². The summed E-state index contributed by atoms with van der Waals surface area (Å²) in [6.07, 6.45) is 2.05. The van der Waals surface area contributed by atoms with Crippen LogP contribution in [-0.2, 0) is 0 Å². The summed E-state index contributed by atoms with van der Waals surface area (Å²) in [6, 6.07) is 7.48. The van der Waals surface area contributed by atoms with Gasteiger partial charge >= 0.3 is 0 Å². The molecule has 0 unspecified atom stereocenters. The molecule has 1 fully saturated rings. The lowest BCUT2D eigenvalue weighted by Gasteiger charge is -2.16. The number of amides is 1. The summed E-state index contributed by atoms with van der Waals surface area (Å²) < 4.78 is 5.70. The van der Waals surface area contributed by atoms with E-state index in [1.54, 1.807) is 0 Å². The lowest BCUT2D eigenvalue weighted by atomic mass is 10.2. The maximum absolute atomic E-state index is 12.2. The van der Waals surface area contributed by atoms with E-state index in [4.69, 9.17) is 10.5 Å². The highest BCUT2D eigenvalue weighted by atomic mass is 16.5. The minimum Gasteiger partial charge on any atom is -0.491 e. The normalized spacial score (nSPS) is 20.4. The number of carbonyl (C=O) groups is 1. The molecule has 0 bridgehead atoms. The summed E-state index contributed by atoms with van der Waals surface area (Å²) in [4.78, 5) is 14.0. The lowest BCUT2D eigenvalue weighted by Crippen LogP contribution is -2.31. The molecule has 0 aromatic heterocycles. The van der Waals surface area contributed by atoms with Crippen LogP contribution in [0.2, 0.25) is 0 Å². The zero-order valence-corrected chi connectivity index (χ0v) is 11.6. The van der Waals surface area contributed by atoms with Crippen LogP contribution in [0.1, 0.15) is 37.0 Å². The van der Waals surface area contributed by atoms with Crippen molar-refractivity contribution >= 4 is 5.91 Å². The first-order valence-electron chi connectivity index (χ1n) is 6.91. The number of ether oxygens (including phenoxy) is 1. The third-order valence-corrected chi connectivity index (χ3v) is 3.53. The maximum Gasteiger partial charge on any atom is 0.253 e. The first kappa shape index (κ1) is 13.9. The van der Waals surface area contributed by atoms with Gasteiger partial charge in [0.25, 0.3) is 5.91 Å². The average molecular weight is 262 g/mol. The van der Waals surface area contributed by atoms with Crippen LogP contribution in [0.4, 0.5) is 0 Å². The molecule has 4 nitrogen and oxygen atoms in total. The van der Waals surface area contributed by atoms with E-state index in [2.05, 4.69) is 6.92 Å². The summed E-state index contributed by atoms with van der Waals surface area (Å²) in [7, 11) is 0. The molecule has 1 saturated heterocycles. The molecule has 1 aliphatic rings. The van der Waals surface area contributed by atoms with Gasteiger partial charge < -0.3 is 15.4 Å². The second-order valence-electron chi connectivity index (χ2n) is 5.16. The molecule has 1 aromatic carbocycles. The molecule has 19 heavy (non-hydrogen) atoms. The molecule has 0 spiro atoms. The van der Waals surface area contributed by atoms with Crippen molar-refractivity contribution in [1.82, 2.24) is 4.90 Å². The number of nitrogens with zero attached hydrogens (tertiary/aromatic N) is 1. The largest absolute Gasteiger partial charge is 0.491 e. The fraction of sp³-hybridized carbons (Fsp3) is 0.533. The number of carbonyl (C=O) groups excluding carboxylic acids is 1. The molecule has 1 aromatic rings. The number of rotatable bonds is 4. The number of hydrogen-bond donors (Lipinski definition) is 1. The Hall–Kier alpha value is -1.55. The third kappa shape index (κ3) is 3.47. The summed E-state index contributed by atoms with van der Waals surface area (Å²) in [5.74, 6) is 0.868. The summed E-state index contributed by atoms with van der Waals surface area (Å²) in [5, 5.41) is 0. The van der Waals surface area contributed by atoms with Gasteiger partial charge in [-0.2, -0.15) is 0 Å². The summed E-state index contributed by atoms with van der Waals surface area (Å²) >= 11 is 0. The van der Waals surface area contributed by atoms with Crippen molar-refractivity contribution in [2.45, 2.75) is 38.8 Å². The van der Waals surface area contributed by atoms with Crippen LogP contribution >= 0.6 is 0 Å². The van der Waals surface area contributed by atoms with Gasteiger partial charge in [-0.05, 0) is 44.0 Å². The van der Waals surface area contributed by atoms with E-state index in [-0.39, 0.29) is 18.1 Å². The Bertz CT molecular complexity index is 430. The van der Waals surface area contributed by atoms with Crippen LogP contribution in [0.3, 0.4) is 0 Å². The maximum atomic E-state index is 12.2. The highest BCUT2D eigenvalue weighted by Crippen LogP contribution is 2.17. The monoisotopic (exact) mass is 262 g/mol. The van der Waals surface area contributed by atoms with Crippen LogP contribution in [0.5, 0.6) is 5.75 Å². The summed E-state index contributed by atoms with van der Waals surface area (Å²) in [5.41, 5.74) is 6.52. The first-order valence-corrected chi connectivity index (χ1v) is 6.91. The number of likely N-dealkylation sites (tertiary alicyclic amines) is 1. The molecule has 104 valence electrons. The average Bonchev–Trinajstić information content (AvgIpc) is 2.85. The number of nitrogens with two attached hydrogens (primary N) is 1. The van der Waals surface area contributed by atoms with Gasteiger partial charge in [-0.3, -0.25) is 4.79 Å². The first-order chi connectivity index (χ1) is 9.10. The van der Waals surface area contributed by atoms with E-state index in [1.165, 1.54) is 0 Å². The standard InChI is InChI=1S/C15H22N2O2/c1-3-11(2)19-14-6-4-12(5-7-14)15(18)17-9-8-13(16)10-17/h4-7,11,13H,3,8-10,16H2,1-2H3/t11-,13+/m0/s1. The van der Waals surface area contributed by atoms with Crippen molar-refractivity contribution in [3.05, 3.63) is 29.8 Å². The zero-order valence-electron chi connectivity index (χ0n) is 11.6. The molecule has 1 aliphatic heterocycles. The van der Waals surface area contributed by atoms with Gasteiger partial charge in [0, 0.05) is 24.7 Å². The molecule has 1 amide bonds. The predicted octanol–water partition coefficient (Wildman–Crippen LogP) is 2.04.